The first-order valence-electron chi connectivity index (χ1n) is 16.8. The lowest BCUT2D eigenvalue weighted by Gasteiger charge is -2.28. The van der Waals surface area contributed by atoms with E-state index in [9.17, 15) is 0 Å². The Labute approximate surface area is 276 Å². The zero-order valence-electron chi connectivity index (χ0n) is 27.2. The van der Waals surface area contributed by atoms with Crippen LogP contribution in [-0.2, 0) is 10.8 Å². The Morgan fingerprint density at radius 2 is 0.957 bits per heavy atom. The van der Waals surface area contributed by atoms with E-state index < -0.39 is 0 Å². The van der Waals surface area contributed by atoms with Gasteiger partial charge in [0.05, 0.1) is 0 Å². The van der Waals surface area contributed by atoms with Gasteiger partial charge in [-0.2, -0.15) is 0 Å². The standard InChI is InChI=1S/C46H35N/c1-45(2)38-25-33(47(31-14-7-5-8-15-31)32-16-9-6-10-17-32)21-23-34(38)36-26-40-37(27-39(36)45)44-35-22-20-29-13-11-12-28-18-19-30(43(35)42(28)29)24-41(44)46(40,3)4/h5-27H,1-4H3. The van der Waals surface area contributed by atoms with E-state index in [1.807, 2.05) is 0 Å². The molecule has 0 saturated carbocycles. The van der Waals surface area contributed by atoms with E-state index in [0.29, 0.717) is 0 Å². The summed E-state index contributed by atoms with van der Waals surface area (Å²) in [7, 11) is 0. The third-order valence-electron chi connectivity index (χ3n) is 11.3. The van der Waals surface area contributed by atoms with Gasteiger partial charge >= 0.3 is 0 Å². The number of rotatable bonds is 3. The molecule has 2 aliphatic carbocycles. The molecule has 0 bridgehead atoms. The van der Waals surface area contributed by atoms with Crippen molar-refractivity contribution in [2.45, 2.75) is 38.5 Å². The summed E-state index contributed by atoms with van der Waals surface area (Å²) >= 11 is 0. The van der Waals surface area contributed by atoms with Crippen LogP contribution < -0.4 is 4.90 Å². The normalized spacial score (nSPS) is 15.1. The Morgan fingerprint density at radius 1 is 0.383 bits per heavy atom. The maximum atomic E-state index is 2.56. The predicted octanol–water partition coefficient (Wildman–Crippen LogP) is 12.7. The van der Waals surface area contributed by atoms with Crippen molar-refractivity contribution >= 4 is 49.4 Å². The van der Waals surface area contributed by atoms with Crippen molar-refractivity contribution in [3.63, 3.8) is 0 Å². The molecule has 0 aromatic heterocycles. The largest absolute Gasteiger partial charge is 0.310 e. The lowest BCUT2D eigenvalue weighted by Crippen LogP contribution is -2.17. The highest BCUT2D eigenvalue weighted by atomic mass is 15.1. The van der Waals surface area contributed by atoms with Crippen LogP contribution >= 0.6 is 0 Å². The lowest BCUT2D eigenvalue weighted by molar-refractivity contribution is 0.652. The first kappa shape index (κ1) is 26.8. The minimum absolute atomic E-state index is 0.103. The Bertz CT molecular complexity index is 2500. The molecule has 0 spiro atoms. The second-order valence-electron chi connectivity index (χ2n) is 14.6. The minimum atomic E-state index is -0.147. The number of hydrogen-bond acceptors (Lipinski definition) is 1. The first-order valence-corrected chi connectivity index (χ1v) is 16.8. The van der Waals surface area contributed by atoms with Crippen LogP contribution in [0.4, 0.5) is 17.1 Å². The molecule has 8 aromatic carbocycles. The summed E-state index contributed by atoms with van der Waals surface area (Å²) in [5.74, 6) is 0. The smallest absolute Gasteiger partial charge is 0.0465 e. The molecule has 0 atom stereocenters. The molecule has 0 amide bonds. The molecule has 47 heavy (non-hydrogen) atoms. The van der Waals surface area contributed by atoms with Crippen molar-refractivity contribution in [3.05, 3.63) is 162 Å². The van der Waals surface area contributed by atoms with Crippen molar-refractivity contribution in [1.29, 1.82) is 0 Å². The molecule has 0 saturated heterocycles. The van der Waals surface area contributed by atoms with Crippen molar-refractivity contribution in [1.82, 2.24) is 0 Å². The van der Waals surface area contributed by atoms with Crippen LogP contribution in [0.3, 0.4) is 0 Å². The number of fused-ring (bicyclic) bond motifs is 7. The fraction of sp³-hybridized carbons (Fsp3) is 0.130. The van der Waals surface area contributed by atoms with Gasteiger partial charge in [-0.1, -0.05) is 113 Å². The minimum Gasteiger partial charge on any atom is -0.310 e. The van der Waals surface area contributed by atoms with E-state index in [2.05, 4.69) is 172 Å². The molecule has 1 heteroatoms. The summed E-state index contributed by atoms with van der Waals surface area (Å²) in [6.07, 6.45) is 0. The molecular weight excluding hydrogens is 567 g/mol. The van der Waals surface area contributed by atoms with Crippen LogP contribution in [0.2, 0.25) is 0 Å². The molecule has 0 N–H and O–H groups in total. The number of hydrogen-bond donors (Lipinski definition) is 0. The van der Waals surface area contributed by atoms with Gasteiger partial charge in [0.15, 0.2) is 0 Å². The van der Waals surface area contributed by atoms with E-state index in [1.54, 1.807) is 0 Å². The molecule has 2 aliphatic rings. The summed E-state index contributed by atoms with van der Waals surface area (Å²) in [5.41, 5.74) is 14.5. The fourth-order valence-electron chi connectivity index (χ4n) is 8.97. The third kappa shape index (κ3) is 3.49. The van der Waals surface area contributed by atoms with Gasteiger partial charge in [0.25, 0.3) is 0 Å². The average Bonchev–Trinajstić information content (AvgIpc) is 3.46. The Morgan fingerprint density at radius 3 is 1.66 bits per heavy atom. The number of nitrogens with zero attached hydrogens (tertiary/aromatic N) is 1. The molecule has 0 radical (unpaired) electrons. The molecule has 0 aliphatic heterocycles. The summed E-state index contributed by atoms with van der Waals surface area (Å²) in [6, 6.07) is 52.2. The monoisotopic (exact) mass is 601 g/mol. The van der Waals surface area contributed by atoms with Gasteiger partial charge in [-0.15, -0.1) is 0 Å². The van der Waals surface area contributed by atoms with E-state index in [4.69, 9.17) is 0 Å². The first-order chi connectivity index (χ1) is 22.8. The van der Waals surface area contributed by atoms with Crippen molar-refractivity contribution in [2.75, 3.05) is 4.90 Å². The Kier molecular flexibility index (Phi) is 5.19. The average molecular weight is 602 g/mol. The van der Waals surface area contributed by atoms with Crippen LogP contribution in [0.5, 0.6) is 0 Å². The highest BCUT2D eigenvalue weighted by Crippen LogP contribution is 2.58. The molecule has 10 rings (SSSR count). The fourth-order valence-corrected chi connectivity index (χ4v) is 8.97. The molecule has 0 unspecified atom stereocenters. The van der Waals surface area contributed by atoms with E-state index in [-0.39, 0.29) is 10.8 Å². The number of benzene rings is 8. The maximum Gasteiger partial charge on any atom is 0.0465 e. The van der Waals surface area contributed by atoms with E-state index in [1.165, 1.54) is 82.5 Å². The predicted molar refractivity (Wildman–Crippen MR) is 200 cm³/mol. The molecule has 1 nitrogen and oxygen atoms in total. The molecule has 8 aromatic rings. The van der Waals surface area contributed by atoms with Gasteiger partial charge in [0.2, 0.25) is 0 Å². The Balaban J connectivity index is 1.19. The van der Waals surface area contributed by atoms with Gasteiger partial charge in [0.1, 0.15) is 0 Å². The number of anilines is 3. The van der Waals surface area contributed by atoms with Crippen molar-refractivity contribution in [2.24, 2.45) is 0 Å². The van der Waals surface area contributed by atoms with E-state index >= 15 is 0 Å². The highest BCUT2D eigenvalue weighted by molar-refractivity contribution is 6.26. The van der Waals surface area contributed by atoms with Crippen molar-refractivity contribution < 1.29 is 0 Å². The summed E-state index contributed by atoms with van der Waals surface area (Å²) in [5, 5.41) is 8.15. The summed E-state index contributed by atoms with van der Waals surface area (Å²) in [4.78, 5) is 2.37. The van der Waals surface area contributed by atoms with Gasteiger partial charge in [-0.05, 0) is 131 Å². The van der Waals surface area contributed by atoms with Crippen molar-refractivity contribution in [3.8, 4) is 22.3 Å². The highest BCUT2D eigenvalue weighted by Gasteiger charge is 2.42. The van der Waals surface area contributed by atoms with Crippen LogP contribution in [-0.4, -0.2) is 0 Å². The zero-order valence-corrected chi connectivity index (χ0v) is 27.2. The SMILES string of the molecule is CC1(C)c2cc(N(c3ccccc3)c3ccccc3)ccc2-c2cc3c(cc21)-c1c(cc2ccc4cccc5ccc1c2c45)C3(C)C. The quantitative estimate of drug-likeness (QED) is 0.182. The van der Waals surface area contributed by atoms with Crippen LogP contribution in [0.25, 0.3) is 54.6 Å². The lowest BCUT2D eigenvalue weighted by atomic mass is 9.79. The van der Waals surface area contributed by atoms with Gasteiger partial charge < -0.3 is 4.90 Å². The van der Waals surface area contributed by atoms with Crippen LogP contribution in [0, 0.1) is 0 Å². The second kappa shape index (κ2) is 9.11. The zero-order chi connectivity index (χ0) is 31.7. The second-order valence-corrected chi connectivity index (χ2v) is 14.6. The summed E-state index contributed by atoms with van der Waals surface area (Å²) in [6.45, 7) is 9.66. The van der Waals surface area contributed by atoms with Gasteiger partial charge in [-0.3, -0.25) is 0 Å². The molecule has 0 fully saturated rings. The van der Waals surface area contributed by atoms with E-state index in [0.717, 1.165) is 11.4 Å². The van der Waals surface area contributed by atoms with Crippen LogP contribution in [0.15, 0.2) is 140 Å². The number of para-hydroxylation sites is 2. The maximum absolute atomic E-state index is 2.56. The molecular formula is C46H35N. The summed E-state index contributed by atoms with van der Waals surface area (Å²) < 4.78 is 0. The third-order valence-corrected chi connectivity index (χ3v) is 11.3. The molecule has 224 valence electrons. The molecule has 0 heterocycles. The topological polar surface area (TPSA) is 3.24 Å². The van der Waals surface area contributed by atoms with Crippen LogP contribution in [0.1, 0.15) is 49.9 Å². The van der Waals surface area contributed by atoms with Gasteiger partial charge in [0, 0.05) is 27.9 Å². The van der Waals surface area contributed by atoms with Gasteiger partial charge in [-0.25, -0.2) is 0 Å². The Hall–Kier alpha value is -5.40.